The fourth-order valence-electron chi connectivity index (χ4n) is 2.50. The van der Waals surface area contributed by atoms with Gasteiger partial charge in [-0.2, -0.15) is 0 Å². The van der Waals surface area contributed by atoms with Gasteiger partial charge in [0, 0.05) is 13.1 Å². The zero-order valence-electron chi connectivity index (χ0n) is 16.0. The third-order valence-corrected chi connectivity index (χ3v) is 4.10. The molecule has 0 saturated carbocycles. The Balaban J connectivity index is 3.82. The van der Waals surface area contributed by atoms with Crippen molar-refractivity contribution in [3.63, 3.8) is 0 Å². The van der Waals surface area contributed by atoms with E-state index >= 15 is 0 Å². The van der Waals surface area contributed by atoms with Crippen molar-refractivity contribution in [1.29, 1.82) is 0 Å². The Morgan fingerprint density at radius 3 is 2.25 bits per heavy atom. The number of amides is 1. The lowest BCUT2D eigenvalue weighted by Crippen LogP contribution is -2.44. The molecule has 0 aliphatic carbocycles. The van der Waals surface area contributed by atoms with Gasteiger partial charge in [0.15, 0.2) is 0 Å². The molecule has 142 valence electrons. The van der Waals surface area contributed by atoms with Gasteiger partial charge in [-0.25, -0.2) is 0 Å². The van der Waals surface area contributed by atoms with Gasteiger partial charge in [-0.05, 0) is 52.1 Å². The topological polar surface area (TPSA) is 90.6 Å². The quantitative estimate of drug-likeness (QED) is 0.250. The van der Waals surface area contributed by atoms with Crippen molar-refractivity contribution >= 4 is 13.0 Å². The normalized spacial score (nSPS) is 12.4. The van der Waals surface area contributed by atoms with E-state index in [1.807, 2.05) is 0 Å². The average Bonchev–Trinajstić information content (AvgIpc) is 2.55. The molecule has 5 N–H and O–H groups in total. The minimum Gasteiger partial charge on any atom is -0.437 e. The summed E-state index contributed by atoms with van der Waals surface area (Å²) in [5.41, 5.74) is 5.94. The van der Waals surface area contributed by atoms with Gasteiger partial charge in [0.1, 0.15) is 0 Å². The molecule has 1 atom stereocenters. The molecule has 6 nitrogen and oxygen atoms in total. The fourth-order valence-corrected chi connectivity index (χ4v) is 2.50. The smallest absolute Gasteiger partial charge is 0.373 e. The highest BCUT2D eigenvalue weighted by Crippen LogP contribution is 2.00. The van der Waals surface area contributed by atoms with E-state index < -0.39 is 13.1 Å². The van der Waals surface area contributed by atoms with Crippen molar-refractivity contribution in [2.45, 2.75) is 71.7 Å². The van der Waals surface area contributed by atoms with Crippen LogP contribution in [-0.4, -0.2) is 61.6 Å². The summed E-state index contributed by atoms with van der Waals surface area (Å²) in [5, 5.41) is 15.0. The summed E-state index contributed by atoms with van der Waals surface area (Å²) >= 11 is 0. The second-order valence-corrected chi connectivity index (χ2v) is 6.57. The molecule has 0 aromatic carbocycles. The molecule has 1 amide bonds. The summed E-state index contributed by atoms with van der Waals surface area (Å²) in [5.74, 6) is -0.0515. The first kappa shape index (κ1) is 23.4. The molecule has 0 aromatic rings. The summed E-state index contributed by atoms with van der Waals surface area (Å²) in [6, 6.07) is -0.434. The van der Waals surface area contributed by atoms with E-state index in [4.69, 9.17) is 10.8 Å². The molecule has 0 saturated heterocycles. The van der Waals surface area contributed by atoms with Gasteiger partial charge in [0.05, 0.1) is 6.04 Å². The zero-order chi connectivity index (χ0) is 18.2. The number of rotatable bonds is 16. The van der Waals surface area contributed by atoms with Crippen LogP contribution in [0.2, 0.25) is 6.82 Å². The Morgan fingerprint density at radius 1 is 1.08 bits per heavy atom. The standard InChI is InChI=1S/C17H39BN4O2/c1-4-6-13-22(14-7-5-2)15-12-20-17(23)16(19)10-8-9-11-21-18(3)24/h16,21,24H,4-15,19H2,1-3H3,(H,20,23)/t16-/m0/s1. The van der Waals surface area contributed by atoms with Crippen LogP contribution in [0.5, 0.6) is 0 Å². The third kappa shape index (κ3) is 13.8. The third-order valence-electron chi connectivity index (χ3n) is 4.10. The second kappa shape index (κ2) is 15.9. The summed E-state index contributed by atoms with van der Waals surface area (Å²) in [6.07, 6.45) is 7.28. The molecule has 0 heterocycles. The highest BCUT2D eigenvalue weighted by molar-refractivity contribution is 6.45. The van der Waals surface area contributed by atoms with Gasteiger partial charge in [0.25, 0.3) is 0 Å². The predicted octanol–water partition coefficient (Wildman–Crippen LogP) is 1.20. The molecule has 0 aliphatic heterocycles. The Hall–Kier alpha value is -0.625. The number of nitrogens with two attached hydrogens (primary N) is 1. The van der Waals surface area contributed by atoms with Crippen molar-refractivity contribution in [2.75, 3.05) is 32.7 Å². The molecule has 7 heteroatoms. The van der Waals surface area contributed by atoms with Crippen LogP contribution in [0.4, 0.5) is 0 Å². The summed E-state index contributed by atoms with van der Waals surface area (Å²) in [7, 11) is -0.481. The average molecular weight is 342 g/mol. The highest BCUT2D eigenvalue weighted by Gasteiger charge is 2.13. The molecular formula is C17H39BN4O2. The van der Waals surface area contributed by atoms with E-state index in [-0.39, 0.29) is 5.91 Å². The first-order valence-corrected chi connectivity index (χ1v) is 9.68. The first-order chi connectivity index (χ1) is 11.5. The summed E-state index contributed by atoms with van der Waals surface area (Å²) < 4.78 is 0. The molecule has 0 aromatic heterocycles. The van der Waals surface area contributed by atoms with Gasteiger partial charge in [-0.1, -0.05) is 33.1 Å². The molecular weight excluding hydrogens is 303 g/mol. The Bertz CT molecular complexity index is 298. The van der Waals surface area contributed by atoms with Crippen LogP contribution >= 0.6 is 0 Å². The van der Waals surface area contributed by atoms with E-state index in [1.165, 1.54) is 25.7 Å². The van der Waals surface area contributed by atoms with E-state index in [9.17, 15) is 4.79 Å². The van der Waals surface area contributed by atoms with E-state index in [2.05, 4.69) is 29.3 Å². The molecule has 24 heavy (non-hydrogen) atoms. The maximum Gasteiger partial charge on any atom is 0.373 e. The van der Waals surface area contributed by atoms with E-state index in [0.717, 1.165) is 39.0 Å². The highest BCUT2D eigenvalue weighted by atomic mass is 16.2. The van der Waals surface area contributed by atoms with Crippen LogP contribution in [0, 0.1) is 0 Å². The fraction of sp³-hybridized carbons (Fsp3) is 0.941. The molecule has 0 aliphatic rings. The van der Waals surface area contributed by atoms with Crippen LogP contribution in [0.15, 0.2) is 0 Å². The van der Waals surface area contributed by atoms with Crippen LogP contribution in [0.3, 0.4) is 0 Å². The maximum absolute atomic E-state index is 12.0. The molecule has 0 bridgehead atoms. The second-order valence-electron chi connectivity index (χ2n) is 6.57. The van der Waals surface area contributed by atoms with Crippen LogP contribution < -0.4 is 16.3 Å². The predicted molar refractivity (Wildman–Crippen MR) is 103 cm³/mol. The molecule has 0 rings (SSSR count). The van der Waals surface area contributed by atoms with E-state index in [0.29, 0.717) is 13.0 Å². The van der Waals surface area contributed by atoms with Gasteiger partial charge < -0.3 is 26.2 Å². The monoisotopic (exact) mass is 342 g/mol. The Morgan fingerprint density at radius 2 is 1.71 bits per heavy atom. The maximum atomic E-state index is 12.0. The molecule has 0 unspecified atom stereocenters. The molecule has 0 spiro atoms. The number of hydrogen-bond acceptors (Lipinski definition) is 5. The van der Waals surface area contributed by atoms with Crippen molar-refractivity contribution in [1.82, 2.24) is 15.4 Å². The summed E-state index contributed by atoms with van der Waals surface area (Å²) in [6.45, 7) is 10.6. The van der Waals surface area contributed by atoms with Crippen LogP contribution in [0.25, 0.3) is 0 Å². The number of carbonyl (C=O) groups is 1. The van der Waals surface area contributed by atoms with Gasteiger partial charge in [0.2, 0.25) is 5.91 Å². The summed E-state index contributed by atoms with van der Waals surface area (Å²) in [4.78, 5) is 14.4. The lowest BCUT2D eigenvalue weighted by molar-refractivity contribution is -0.122. The number of unbranched alkanes of at least 4 members (excludes halogenated alkanes) is 3. The van der Waals surface area contributed by atoms with Crippen molar-refractivity contribution in [3.8, 4) is 0 Å². The van der Waals surface area contributed by atoms with E-state index in [1.54, 1.807) is 6.82 Å². The molecule has 0 radical (unpaired) electrons. The lowest BCUT2D eigenvalue weighted by Gasteiger charge is -2.22. The Kier molecular flexibility index (Phi) is 15.5. The SMILES string of the molecule is CCCCN(CCCC)CCNC(=O)[C@@H](N)CCCCNB(C)O. The first-order valence-electron chi connectivity index (χ1n) is 9.68. The minimum atomic E-state index is -0.481. The number of hydrogen-bond donors (Lipinski definition) is 4. The van der Waals surface area contributed by atoms with Crippen LogP contribution in [0.1, 0.15) is 58.8 Å². The van der Waals surface area contributed by atoms with Crippen molar-refractivity contribution < 1.29 is 9.82 Å². The number of carbonyl (C=O) groups excluding carboxylic acids is 1. The van der Waals surface area contributed by atoms with Gasteiger partial charge in [-0.15, -0.1) is 0 Å². The number of nitrogens with zero attached hydrogens (tertiary/aromatic N) is 1. The lowest BCUT2D eigenvalue weighted by atomic mass is 9.89. The molecule has 0 fully saturated rings. The largest absolute Gasteiger partial charge is 0.437 e. The van der Waals surface area contributed by atoms with Gasteiger partial charge in [-0.3, -0.25) is 4.79 Å². The zero-order valence-corrected chi connectivity index (χ0v) is 16.0. The van der Waals surface area contributed by atoms with Crippen molar-refractivity contribution in [3.05, 3.63) is 0 Å². The number of nitrogens with one attached hydrogen (secondary N) is 2. The van der Waals surface area contributed by atoms with Crippen molar-refractivity contribution in [2.24, 2.45) is 5.73 Å². The minimum absolute atomic E-state index is 0.0515. The van der Waals surface area contributed by atoms with Crippen LogP contribution in [-0.2, 0) is 4.79 Å². The Labute approximate surface area is 149 Å². The van der Waals surface area contributed by atoms with Gasteiger partial charge >= 0.3 is 7.05 Å².